The molecule has 0 spiro atoms. The van der Waals surface area contributed by atoms with Gasteiger partial charge in [-0.15, -0.1) is 0 Å². The zero-order valence-electron chi connectivity index (χ0n) is 16.9. The van der Waals surface area contributed by atoms with E-state index in [0.29, 0.717) is 22.2 Å². The molecule has 0 aromatic heterocycles. The van der Waals surface area contributed by atoms with E-state index in [1.54, 1.807) is 25.1 Å². The number of rotatable bonds is 9. The van der Waals surface area contributed by atoms with Crippen LogP contribution in [0.1, 0.15) is 39.7 Å². The van der Waals surface area contributed by atoms with Crippen LogP contribution in [-0.2, 0) is 11.2 Å². The van der Waals surface area contributed by atoms with Crippen LogP contribution in [0.3, 0.4) is 0 Å². The highest BCUT2D eigenvalue weighted by molar-refractivity contribution is 6.35. The van der Waals surface area contributed by atoms with Crippen molar-refractivity contribution in [3.05, 3.63) is 64.1 Å². The van der Waals surface area contributed by atoms with Crippen molar-refractivity contribution in [2.24, 2.45) is 17.6 Å². The Balaban J connectivity index is 2.30. The van der Waals surface area contributed by atoms with Gasteiger partial charge in [0.2, 0.25) is 0 Å². The molecule has 0 radical (unpaired) electrons. The third-order valence-electron chi connectivity index (χ3n) is 5.18. The Kier molecular flexibility index (Phi) is 7.94. The monoisotopic (exact) mass is 421 g/mol. The summed E-state index contributed by atoms with van der Waals surface area (Å²) < 4.78 is 6.35. The number of ketones is 1. The number of carbonyl (C=O) groups excluding carboxylic acids is 1. The first-order valence-corrected chi connectivity index (χ1v) is 10.3. The molecule has 0 aliphatic heterocycles. The summed E-state index contributed by atoms with van der Waals surface area (Å²) in [5.41, 5.74) is 6.43. The van der Waals surface area contributed by atoms with Crippen molar-refractivity contribution in [2.45, 2.75) is 52.2 Å². The highest BCUT2D eigenvalue weighted by Crippen LogP contribution is 2.37. The summed E-state index contributed by atoms with van der Waals surface area (Å²) in [6, 6.07) is 15.0. The maximum atomic E-state index is 12.3. The number of ether oxygens (including phenoxy) is 1. The standard InChI is InChI=1S/C23H29Cl2NO2/c1-15(12-21(27)16(2)26)19(13-17-8-6-5-7-9-17)23(3,4)28-22-11-10-18(24)14-20(22)25/h5-11,14-16,19H,12-13,26H2,1-4H3/t15-,16+,19+/m1/s1. The smallest absolute Gasteiger partial charge is 0.149 e. The first kappa shape index (κ1) is 22.7. The van der Waals surface area contributed by atoms with Crippen molar-refractivity contribution in [1.82, 2.24) is 0 Å². The van der Waals surface area contributed by atoms with E-state index in [1.807, 2.05) is 32.0 Å². The molecule has 2 N–H and O–H groups in total. The molecular formula is C23H29Cl2NO2. The van der Waals surface area contributed by atoms with Crippen LogP contribution in [0.5, 0.6) is 5.75 Å². The van der Waals surface area contributed by atoms with Crippen LogP contribution >= 0.6 is 23.2 Å². The SMILES string of the molecule is C[C@H](N)C(=O)C[C@@H](C)[C@H](Cc1ccccc1)C(C)(C)Oc1ccc(Cl)cc1Cl. The van der Waals surface area contributed by atoms with Gasteiger partial charge in [0.05, 0.1) is 11.1 Å². The number of halogens is 2. The summed E-state index contributed by atoms with van der Waals surface area (Å²) >= 11 is 12.3. The number of hydrogen-bond acceptors (Lipinski definition) is 3. The van der Waals surface area contributed by atoms with Gasteiger partial charge < -0.3 is 10.5 Å². The van der Waals surface area contributed by atoms with Gasteiger partial charge in [-0.2, -0.15) is 0 Å². The molecule has 0 saturated heterocycles. The Morgan fingerprint density at radius 2 is 1.75 bits per heavy atom. The van der Waals surface area contributed by atoms with Crippen molar-refractivity contribution in [3.8, 4) is 5.75 Å². The van der Waals surface area contributed by atoms with E-state index in [9.17, 15) is 4.79 Å². The second-order valence-electron chi connectivity index (χ2n) is 8.01. The molecule has 28 heavy (non-hydrogen) atoms. The summed E-state index contributed by atoms with van der Waals surface area (Å²) in [7, 11) is 0. The number of hydrogen-bond donors (Lipinski definition) is 1. The molecule has 2 aromatic carbocycles. The Hall–Kier alpha value is -1.55. The topological polar surface area (TPSA) is 52.3 Å². The predicted molar refractivity (Wildman–Crippen MR) is 117 cm³/mol. The van der Waals surface area contributed by atoms with Gasteiger partial charge in [-0.3, -0.25) is 4.79 Å². The average Bonchev–Trinajstić information content (AvgIpc) is 2.62. The molecule has 0 heterocycles. The molecule has 0 amide bonds. The third-order valence-corrected chi connectivity index (χ3v) is 5.71. The maximum absolute atomic E-state index is 12.3. The summed E-state index contributed by atoms with van der Waals surface area (Å²) in [5.74, 6) is 0.801. The molecule has 152 valence electrons. The predicted octanol–water partition coefficient (Wildman–Crippen LogP) is 5.95. The zero-order valence-corrected chi connectivity index (χ0v) is 18.4. The molecule has 0 unspecified atom stereocenters. The molecule has 3 atom stereocenters. The molecule has 0 saturated carbocycles. The van der Waals surface area contributed by atoms with Crippen LogP contribution in [-0.4, -0.2) is 17.4 Å². The lowest BCUT2D eigenvalue weighted by molar-refractivity contribution is -0.121. The Morgan fingerprint density at radius 1 is 1.11 bits per heavy atom. The molecule has 5 heteroatoms. The fourth-order valence-corrected chi connectivity index (χ4v) is 4.01. The van der Waals surface area contributed by atoms with E-state index in [0.717, 1.165) is 6.42 Å². The second-order valence-corrected chi connectivity index (χ2v) is 8.86. The van der Waals surface area contributed by atoms with Crippen LogP contribution in [0.15, 0.2) is 48.5 Å². The summed E-state index contributed by atoms with van der Waals surface area (Å²) in [5, 5.41) is 1.03. The van der Waals surface area contributed by atoms with Crippen LogP contribution in [0.2, 0.25) is 10.0 Å². The lowest BCUT2D eigenvalue weighted by Crippen LogP contribution is -2.43. The van der Waals surface area contributed by atoms with Gasteiger partial charge in [-0.05, 0) is 56.9 Å². The molecule has 3 nitrogen and oxygen atoms in total. The fraction of sp³-hybridized carbons (Fsp3) is 0.435. The van der Waals surface area contributed by atoms with Crippen molar-refractivity contribution in [3.63, 3.8) is 0 Å². The quantitative estimate of drug-likeness (QED) is 0.543. The van der Waals surface area contributed by atoms with E-state index in [1.165, 1.54) is 5.56 Å². The van der Waals surface area contributed by atoms with Crippen LogP contribution in [0.4, 0.5) is 0 Å². The maximum Gasteiger partial charge on any atom is 0.149 e. The Morgan fingerprint density at radius 3 is 2.32 bits per heavy atom. The van der Waals surface area contributed by atoms with Gasteiger partial charge in [0.25, 0.3) is 0 Å². The van der Waals surface area contributed by atoms with E-state index in [2.05, 4.69) is 19.1 Å². The summed E-state index contributed by atoms with van der Waals surface area (Å²) in [6.07, 6.45) is 1.20. The van der Waals surface area contributed by atoms with Crippen molar-refractivity contribution in [2.75, 3.05) is 0 Å². The number of benzene rings is 2. The molecule has 2 aromatic rings. The largest absolute Gasteiger partial charge is 0.486 e. The van der Waals surface area contributed by atoms with E-state index < -0.39 is 11.6 Å². The molecule has 2 rings (SSSR count). The van der Waals surface area contributed by atoms with E-state index >= 15 is 0 Å². The molecule has 0 bridgehead atoms. The van der Waals surface area contributed by atoms with Crippen molar-refractivity contribution >= 4 is 29.0 Å². The molecule has 0 aliphatic rings. The van der Waals surface area contributed by atoms with E-state index in [-0.39, 0.29) is 17.6 Å². The number of Topliss-reactive ketones (excluding diaryl/α,β-unsaturated/α-hetero) is 1. The lowest BCUT2D eigenvalue weighted by atomic mass is 9.74. The van der Waals surface area contributed by atoms with Gasteiger partial charge in [0.15, 0.2) is 0 Å². The molecule has 0 aliphatic carbocycles. The van der Waals surface area contributed by atoms with Gasteiger partial charge in [-0.1, -0.05) is 60.5 Å². The minimum absolute atomic E-state index is 0.0610. The summed E-state index contributed by atoms with van der Waals surface area (Å²) in [6.45, 7) is 7.90. The normalized spacial score (nSPS) is 15.0. The summed E-state index contributed by atoms with van der Waals surface area (Å²) in [4.78, 5) is 12.3. The van der Waals surface area contributed by atoms with Gasteiger partial charge in [-0.25, -0.2) is 0 Å². The minimum Gasteiger partial charge on any atom is -0.486 e. The van der Waals surface area contributed by atoms with E-state index in [4.69, 9.17) is 33.7 Å². The highest BCUT2D eigenvalue weighted by Gasteiger charge is 2.37. The first-order chi connectivity index (χ1) is 13.1. The van der Waals surface area contributed by atoms with Gasteiger partial charge >= 0.3 is 0 Å². The molecule has 0 fully saturated rings. The van der Waals surface area contributed by atoms with Crippen molar-refractivity contribution < 1.29 is 9.53 Å². The van der Waals surface area contributed by atoms with Gasteiger partial charge in [0, 0.05) is 17.4 Å². The number of carbonyl (C=O) groups is 1. The lowest BCUT2D eigenvalue weighted by Gasteiger charge is -2.39. The van der Waals surface area contributed by atoms with Crippen molar-refractivity contribution in [1.29, 1.82) is 0 Å². The Labute approximate surface area is 178 Å². The first-order valence-electron chi connectivity index (χ1n) is 9.56. The average molecular weight is 422 g/mol. The second kappa shape index (κ2) is 9.78. The molecular weight excluding hydrogens is 393 g/mol. The van der Waals surface area contributed by atoms with Gasteiger partial charge in [0.1, 0.15) is 17.1 Å². The van der Waals surface area contributed by atoms with Crippen LogP contribution in [0.25, 0.3) is 0 Å². The highest BCUT2D eigenvalue weighted by atomic mass is 35.5. The van der Waals surface area contributed by atoms with Crippen LogP contribution in [0, 0.1) is 11.8 Å². The minimum atomic E-state index is -0.565. The van der Waals surface area contributed by atoms with Crippen LogP contribution < -0.4 is 10.5 Å². The number of nitrogens with two attached hydrogens (primary N) is 1. The Bertz CT molecular complexity index is 790. The zero-order chi connectivity index (χ0) is 20.9. The third kappa shape index (κ3) is 6.23. The fourth-order valence-electron chi connectivity index (χ4n) is 3.56.